The molecule has 1 unspecified atom stereocenters. The summed E-state index contributed by atoms with van der Waals surface area (Å²) >= 11 is 1.41. The highest BCUT2D eigenvalue weighted by atomic mass is 32.2. The van der Waals surface area contributed by atoms with Crippen LogP contribution in [0.3, 0.4) is 0 Å². The van der Waals surface area contributed by atoms with Crippen molar-refractivity contribution in [2.75, 3.05) is 0 Å². The minimum absolute atomic E-state index is 0.202. The molecule has 14 heavy (non-hydrogen) atoms. The van der Waals surface area contributed by atoms with E-state index in [9.17, 15) is 9.59 Å². The number of fused-ring (bicyclic) bond motifs is 1. The molecule has 1 saturated heterocycles. The Morgan fingerprint density at radius 3 is 2.93 bits per heavy atom. The van der Waals surface area contributed by atoms with Gasteiger partial charge < -0.3 is 15.7 Å². The third-order valence-corrected chi connectivity index (χ3v) is 3.76. The summed E-state index contributed by atoms with van der Waals surface area (Å²) in [5.74, 6) is -1.27. The van der Waals surface area contributed by atoms with Gasteiger partial charge in [-0.2, -0.15) is 0 Å². The molecular formula is C8H10N2O3S. The lowest BCUT2D eigenvalue weighted by molar-refractivity contribution is -0.157. The zero-order chi connectivity index (χ0) is 10.5. The minimum atomic E-state index is -0.996. The van der Waals surface area contributed by atoms with Crippen LogP contribution < -0.4 is 5.73 Å². The van der Waals surface area contributed by atoms with Crippen molar-refractivity contribution in [3.8, 4) is 0 Å². The van der Waals surface area contributed by atoms with Crippen LogP contribution in [0, 0.1) is 0 Å². The molecule has 2 rings (SSSR count). The Hall–Kier alpha value is -1.01. The first-order chi connectivity index (χ1) is 6.54. The molecule has 3 atom stereocenters. The van der Waals surface area contributed by atoms with E-state index in [0.29, 0.717) is 5.57 Å². The average Bonchev–Trinajstić information content (AvgIpc) is 2.15. The molecule has 3 N–H and O–H groups in total. The van der Waals surface area contributed by atoms with Gasteiger partial charge in [-0.25, -0.2) is 4.79 Å². The summed E-state index contributed by atoms with van der Waals surface area (Å²) in [5, 5.41) is 10.5. The molecule has 0 aromatic carbocycles. The summed E-state index contributed by atoms with van der Waals surface area (Å²) in [6, 6.07) is -1.38. The van der Waals surface area contributed by atoms with Gasteiger partial charge in [-0.15, -0.1) is 11.8 Å². The van der Waals surface area contributed by atoms with E-state index in [-0.39, 0.29) is 11.3 Å². The van der Waals surface area contributed by atoms with Crippen molar-refractivity contribution in [1.29, 1.82) is 0 Å². The lowest BCUT2D eigenvalue weighted by Gasteiger charge is -2.49. The summed E-state index contributed by atoms with van der Waals surface area (Å²) in [7, 11) is 0. The van der Waals surface area contributed by atoms with E-state index < -0.39 is 18.1 Å². The lowest BCUT2D eigenvalue weighted by Crippen LogP contribution is -2.72. The number of hydrogen-bond donors (Lipinski definition) is 2. The number of aliphatic carboxylic acids is 1. The van der Waals surface area contributed by atoms with Crippen LogP contribution in [0.5, 0.6) is 0 Å². The van der Waals surface area contributed by atoms with E-state index in [2.05, 4.69) is 0 Å². The first kappa shape index (κ1) is 9.54. The van der Waals surface area contributed by atoms with Gasteiger partial charge in [0.1, 0.15) is 11.4 Å². The highest BCUT2D eigenvalue weighted by molar-refractivity contribution is 8.02. The summed E-state index contributed by atoms with van der Waals surface area (Å²) in [6.07, 6.45) is 0. The zero-order valence-electron chi connectivity index (χ0n) is 7.51. The van der Waals surface area contributed by atoms with Gasteiger partial charge in [0.2, 0.25) is 5.91 Å². The first-order valence-electron chi connectivity index (χ1n) is 4.16. The molecular weight excluding hydrogens is 204 g/mol. The summed E-state index contributed by atoms with van der Waals surface area (Å²) < 4.78 is 0. The van der Waals surface area contributed by atoms with E-state index in [0.717, 1.165) is 0 Å². The molecule has 6 heteroatoms. The molecule has 76 valence electrons. The fourth-order valence-corrected chi connectivity index (χ4v) is 2.83. The van der Waals surface area contributed by atoms with E-state index in [4.69, 9.17) is 10.8 Å². The van der Waals surface area contributed by atoms with Gasteiger partial charge in [-0.05, 0) is 17.9 Å². The lowest BCUT2D eigenvalue weighted by atomic mass is 10.00. The minimum Gasteiger partial charge on any atom is -0.479 e. The molecule has 0 saturated carbocycles. The Kier molecular flexibility index (Phi) is 2.04. The van der Waals surface area contributed by atoms with Gasteiger partial charge >= 0.3 is 5.97 Å². The molecule has 0 bridgehead atoms. The maximum atomic E-state index is 11.4. The quantitative estimate of drug-likeness (QED) is 0.579. The second-order valence-electron chi connectivity index (χ2n) is 3.40. The van der Waals surface area contributed by atoms with Gasteiger partial charge in [0.25, 0.3) is 0 Å². The van der Waals surface area contributed by atoms with E-state index >= 15 is 0 Å². The van der Waals surface area contributed by atoms with Crippen molar-refractivity contribution in [3.05, 3.63) is 11.0 Å². The molecule has 0 spiro atoms. The zero-order valence-corrected chi connectivity index (χ0v) is 8.32. The van der Waals surface area contributed by atoms with Gasteiger partial charge in [0, 0.05) is 0 Å². The fourth-order valence-electron chi connectivity index (χ4n) is 1.71. The molecule has 2 aliphatic rings. The largest absolute Gasteiger partial charge is 0.479 e. The van der Waals surface area contributed by atoms with Gasteiger partial charge in [-0.3, -0.25) is 4.79 Å². The third-order valence-electron chi connectivity index (χ3n) is 2.46. The number of carbonyl (C=O) groups is 2. The number of nitrogens with zero attached hydrogens (tertiary/aromatic N) is 1. The van der Waals surface area contributed by atoms with Crippen LogP contribution in [-0.2, 0) is 9.59 Å². The number of rotatable bonds is 1. The number of amides is 1. The van der Waals surface area contributed by atoms with Crippen LogP contribution in [0.2, 0.25) is 0 Å². The molecule has 0 radical (unpaired) electrons. The Bertz CT molecular complexity index is 341. The highest BCUT2D eigenvalue weighted by Gasteiger charge is 2.52. The van der Waals surface area contributed by atoms with Crippen molar-refractivity contribution < 1.29 is 14.7 Å². The van der Waals surface area contributed by atoms with Crippen LogP contribution in [-0.4, -0.2) is 39.3 Å². The Morgan fingerprint density at radius 2 is 2.36 bits per heavy atom. The standard InChI is InChI=1S/C8H10N2O3S/c1-3-2-14-7-4(9)6(11)10(7)5(3)8(12)13/h2,4-5,7H,9H2,1H3,(H,12,13)/t4-,5?,7-/m1/s1. The van der Waals surface area contributed by atoms with Crippen LogP contribution in [0.4, 0.5) is 0 Å². The van der Waals surface area contributed by atoms with Gasteiger partial charge in [0.05, 0.1) is 0 Å². The Balaban J connectivity index is 2.31. The Morgan fingerprint density at radius 1 is 1.71 bits per heavy atom. The van der Waals surface area contributed by atoms with Crippen molar-refractivity contribution in [3.63, 3.8) is 0 Å². The molecule has 1 amide bonds. The number of carbonyl (C=O) groups excluding carboxylic acids is 1. The normalized spacial score (nSPS) is 35.9. The SMILES string of the molecule is CC1=CS[C@@H]2[C@H](N)C(=O)N2C1C(=O)O. The maximum absolute atomic E-state index is 11.4. The molecule has 0 aliphatic carbocycles. The van der Waals surface area contributed by atoms with Crippen LogP contribution >= 0.6 is 11.8 Å². The second-order valence-corrected chi connectivity index (χ2v) is 4.39. The molecule has 1 fully saturated rings. The highest BCUT2D eigenvalue weighted by Crippen LogP contribution is 2.38. The number of hydrogen-bond acceptors (Lipinski definition) is 4. The second kappa shape index (κ2) is 2.99. The molecule has 0 aromatic rings. The van der Waals surface area contributed by atoms with E-state index in [1.165, 1.54) is 16.7 Å². The smallest absolute Gasteiger partial charge is 0.330 e. The molecule has 2 heterocycles. The van der Waals surface area contributed by atoms with Crippen molar-refractivity contribution in [2.45, 2.75) is 24.4 Å². The van der Waals surface area contributed by atoms with Crippen LogP contribution in [0.25, 0.3) is 0 Å². The van der Waals surface area contributed by atoms with Gasteiger partial charge in [-0.1, -0.05) is 0 Å². The number of carboxylic acids is 1. The maximum Gasteiger partial charge on any atom is 0.330 e. The summed E-state index contributed by atoms with van der Waals surface area (Å²) in [4.78, 5) is 23.6. The molecule has 5 nitrogen and oxygen atoms in total. The predicted molar refractivity (Wildman–Crippen MR) is 51.4 cm³/mol. The Labute approximate surface area is 84.9 Å². The molecule has 2 aliphatic heterocycles. The first-order valence-corrected chi connectivity index (χ1v) is 5.11. The number of thioether (sulfide) groups is 1. The van der Waals surface area contributed by atoms with Crippen molar-refractivity contribution in [1.82, 2.24) is 4.90 Å². The van der Waals surface area contributed by atoms with Gasteiger partial charge in [0.15, 0.2) is 6.04 Å². The van der Waals surface area contributed by atoms with Crippen LogP contribution in [0.1, 0.15) is 6.92 Å². The number of nitrogens with two attached hydrogens (primary N) is 1. The van der Waals surface area contributed by atoms with E-state index in [1.54, 1.807) is 12.3 Å². The van der Waals surface area contributed by atoms with Crippen molar-refractivity contribution in [2.24, 2.45) is 5.73 Å². The monoisotopic (exact) mass is 214 g/mol. The average molecular weight is 214 g/mol. The summed E-state index contributed by atoms with van der Waals surface area (Å²) in [6.45, 7) is 1.71. The number of β-lactam (4-membered cyclic amide) rings is 1. The van der Waals surface area contributed by atoms with E-state index in [1.807, 2.05) is 0 Å². The van der Waals surface area contributed by atoms with Crippen molar-refractivity contribution >= 4 is 23.6 Å². The molecule has 0 aromatic heterocycles. The third kappa shape index (κ3) is 1.07. The predicted octanol–water partition coefficient (Wildman–Crippen LogP) is -0.414. The fraction of sp³-hybridized carbons (Fsp3) is 0.500. The number of carboxylic acid groups (broad SMARTS) is 1. The van der Waals surface area contributed by atoms with Crippen LogP contribution in [0.15, 0.2) is 11.0 Å². The summed E-state index contributed by atoms with van der Waals surface area (Å²) in [5.41, 5.74) is 6.23. The topological polar surface area (TPSA) is 83.6 Å².